The zero-order valence-corrected chi connectivity index (χ0v) is 23.8. The lowest BCUT2D eigenvalue weighted by molar-refractivity contribution is 0.142. The lowest BCUT2D eigenvalue weighted by atomic mass is 10.0. The fourth-order valence-corrected chi connectivity index (χ4v) is 5.15. The van der Waals surface area contributed by atoms with E-state index in [1.165, 1.54) is 0 Å². The number of nitrogens with zero attached hydrogens (tertiary/aromatic N) is 3. The smallest absolute Gasteiger partial charge is 0.489 e. The molecule has 0 spiro atoms. The van der Waals surface area contributed by atoms with Crippen molar-refractivity contribution in [2.45, 2.75) is 46.3 Å². The second-order valence-electron chi connectivity index (χ2n) is 9.88. The summed E-state index contributed by atoms with van der Waals surface area (Å²) in [4.78, 5) is 11.1. The van der Waals surface area contributed by atoms with Gasteiger partial charge >= 0.3 is 6.16 Å². The maximum Gasteiger partial charge on any atom is 0.512 e. The van der Waals surface area contributed by atoms with E-state index in [1.54, 1.807) is 22.9 Å². The van der Waals surface area contributed by atoms with Crippen molar-refractivity contribution in [3.63, 3.8) is 0 Å². The number of rotatable bonds is 8. The minimum atomic E-state index is -1.40. The minimum absolute atomic E-state index is 0.0124. The van der Waals surface area contributed by atoms with E-state index in [4.69, 9.17) is 42.3 Å². The maximum atomic E-state index is 11.1. The molecule has 0 unspecified atom stereocenters. The van der Waals surface area contributed by atoms with Crippen molar-refractivity contribution in [2.24, 2.45) is 0 Å². The van der Waals surface area contributed by atoms with Crippen molar-refractivity contribution in [1.29, 1.82) is 0 Å². The Balaban J connectivity index is 1.41. The third kappa shape index (κ3) is 5.37. The van der Waals surface area contributed by atoms with Gasteiger partial charge in [-0.25, -0.2) is 4.79 Å². The maximum absolute atomic E-state index is 11.1. The monoisotopic (exact) mass is 579 g/mol. The van der Waals surface area contributed by atoms with Gasteiger partial charge in [-0.2, -0.15) is 0 Å². The van der Waals surface area contributed by atoms with Crippen LogP contribution in [0.15, 0.2) is 65.2 Å². The number of fused-ring (bicyclic) bond motifs is 1. The van der Waals surface area contributed by atoms with Crippen LogP contribution in [0, 0.1) is 0 Å². The van der Waals surface area contributed by atoms with Crippen molar-refractivity contribution in [3.8, 4) is 34.0 Å². The molecule has 2 aromatic heterocycles. The number of ether oxygens (including phenoxy) is 2. The van der Waals surface area contributed by atoms with Gasteiger partial charge < -0.3 is 19.1 Å². The number of hydrogen-bond donors (Lipinski definition) is 1. The molecule has 0 fully saturated rings. The molecule has 2 heterocycles. The van der Waals surface area contributed by atoms with Gasteiger partial charge in [-0.05, 0) is 61.4 Å². The van der Waals surface area contributed by atoms with Crippen LogP contribution in [0.1, 0.15) is 51.0 Å². The largest absolute Gasteiger partial charge is 0.512 e. The molecule has 8 nitrogen and oxygen atoms in total. The highest BCUT2D eigenvalue weighted by Crippen LogP contribution is 2.39. The average Bonchev–Trinajstić information content (AvgIpc) is 3.49. The van der Waals surface area contributed by atoms with Gasteiger partial charge in [-0.3, -0.25) is 4.68 Å². The SMILES string of the molecule is CC(C)c1onc(-c2c(Cl)cccc2Cl)c1COc1ccc(-c2ccc3c(OC(=O)O)nn(C(C)C)c3c2)cc1. The molecule has 40 heavy (non-hydrogen) atoms. The van der Waals surface area contributed by atoms with E-state index >= 15 is 0 Å². The van der Waals surface area contributed by atoms with Gasteiger partial charge in [0.25, 0.3) is 5.88 Å². The van der Waals surface area contributed by atoms with Crippen molar-refractivity contribution < 1.29 is 23.9 Å². The molecule has 0 saturated heterocycles. The van der Waals surface area contributed by atoms with E-state index in [2.05, 4.69) is 10.3 Å². The molecule has 5 rings (SSSR count). The summed E-state index contributed by atoms with van der Waals surface area (Å²) in [5.41, 5.74) is 4.66. The van der Waals surface area contributed by atoms with Crippen LogP contribution in [0.25, 0.3) is 33.3 Å². The van der Waals surface area contributed by atoms with Crippen molar-refractivity contribution in [1.82, 2.24) is 14.9 Å². The van der Waals surface area contributed by atoms with Crippen molar-refractivity contribution in [2.75, 3.05) is 0 Å². The Morgan fingerprint density at radius 3 is 2.30 bits per heavy atom. The van der Waals surface area contributed by atoms with Crippen LogP contribution in [0.2, 0.25) is 10.0 Å². The van der Waals surface area contributed by atoms with Crippen LogP contribution in [0.4, 0.5) is 4.79 Å². The molecule has 10 heteroatoms. The molecule has 0 aliphatic heterocycles. The van der Waals surface area contributed by atoms with Gasteiger partial charge in [0.05, 0.1) is 26.5 Å². The topological polar surface area (TPSA) is 99.6 Å². The van der Waals surface area contributed by atoms with Gasteiger partial charge in [0.15, 0.2) is 0 Å². The predicted octanol–water partition coefficient (Wildman–Crippen LogP) is 9.01. The van der Waals surface area contributed by atoms with E-state index in [-0.39, 0.29) is 24.4 Å². The predicted molar refractivity (Wildman–Crippen MR) is 155 cm³/mol. The molecule has 0 atom stereocenters. The number of carbonyl (C=O) groups is 1. The molecule has 0 aliphatic carbocycles. The third-order valence-corrected chi connectivity index (χ3v) is 7.09. The fourth-order valence-electron chi connectivity index (χ4n) is 4.57. The summed E-state index contributed by atoms with van der Waals surface area (Å²) in [6.07, 6.45) is -1.40. The summed E-state index contributed by atoms with van der Waals surface area (Å²) in [7, 11) is 0. The Kier molecular flexibility index (Phi) is 7.74. The van der Waals surface area contributed by atoms with Gasteiger partial charge in [-0.1, -0.05) is 66.5 Å². The number of hydrogen-bond acceptors (Lipinski definition) is 6. The van der Waals surface area contributed by atoms with Crippen molar-refractivity contribution >= 4 is 40.3 Å². The molecule has 3 aromatic carbocycles. The number of aromatic nitrogens is 3. The fraction of sp³-hybridized carbons (Fsp3) is 0.233. The minimum Gasteiger partial charge on any atom is -0.489 e. The highest BCUT2D eigenvalue weighted by atomic mass is 35.5. The van der Waals surface area contributed by atoms with Crippen LogP contribution < -0.4 is 9.47 Å². The Hall–Kier alpha value is -4.01. The standard InChI is InChI=1S/C30H27Cl2N3O5/c1-16(2)28-22(27(34-40-28)26-23(31)6-5-7-24(26)32)15-38-20-11-8-18(9-12-20)19-10-13-21-25(14-19)35(17(3)4)33-29(21)39-30(36)37/h5-14,16-17H,15H2,1-4H3,(H,36,37). The highest BCUT2D eigenvalue weighted by Gasteiger charge is 2.24. The van der Waals surface area contributed by atoms with E-state index in [0.717, 1.165) is 22.2 Å². The molecular weight excluding hydrogens is 553 g/mol. The lowest BCUT2D eigenvalue weighted by Crippen LogP contribution is -2.06. The van der Waals surface area contributed by atoms with Crippen LogP contribution >= 0.6 is 23.2 Å². The van der Waals surface area contributed by atoms with Crippen LogP contribution in [-0.4, -0.2) is 26.2 Å². The molecule has 5 aromatic rings. The molecule has 0 amide bonds. The summed E-state index contributed by atoms with van der Waals surface area (Å²) in [5, 5.41) is 19.3. The van der Waals surface area contributed by atoms with Crippen LogP contribution in [-0.2, 0) is 6.61 Å². The van der Waals surface area contributed by atoms with E-state index in [1.807, 2.05) is 70.2 Å². The van der Waals surface area contributed by atoms with E-state index < -0.39 is 6.16 Å². The first-order chi connectivity index (χ1) is 19.1. The van der Waals surface area contributed by atoms with Gasteiger partial charge in [0.2, 0.25) is 0 Å². The van der Waals surface area contributed by atoms with Gasteiger partial charge in [0.1, 0.15) is 23.8 Å². The quantitative estimate of drug-likeness (QED) is 0.183. The van der Waals surface area contributed by atoms with Crippen LogP contribution in [0.3, 0.4) is 0 Å². The van der Waals surface area contributed by atoms with Gasteiger partial charge in [-0.15, -0.1) is 5.10 Å². The Morgan fingerprint density at radius 2 is 1.68 bits per heavy atom. The summed E-state index contributed by atoms with van der Waals surface area (Å²) >= 11 is 12.9. The number of benzene rings is 3. The molecule has 206 valence electrons. The zero-order chi connectivity index (χ0) is 28.6. The van der Waals surface area contributed by atoms with E-state index in [0.29, 0.717) is 38.2 Å². The normalized spacial score (nSPS) is 11.5. The molecule has 0 radical (unpaired) electrons. The highest BCUT2D eigenvalue weighted by molar-refractivity contribution is 6.39. The second kappa shape index (κ2) is 11.2. The Morgan fingerprint density at radius 1 is 1.00 bits per heavy atom. The van der Waals surface area contributed by atoms with E-state index in [9.17, 15) is 4.79 Å². The average molecular weight is 580 g/mol. The van der Waals surface area contributed by atoms with Gasteiger partial charge in [0, 0.05) is 17.5 Å². The first-order valence-corrected chi connectivity index (χ1v) is 13.5. The molecule has 0 bridgehead atoms. The summed E-state index contributed by atoms with van der Waals surface area (Å²) in [5.74, 6) is 1.53. The first-order valence-electron chi connectivity index (χ1n) is 12.7. The Labute approximate surface area is 241 Å². The van der Waals surface area contributed by atoms with Crippen LogP contribution in [0.5, 0.6) is 11.6 Å². The zero-order valence-electron chi connectivity index (χ0n) is 22.3. The molecule has 1 N–H and O–H groups in total. The lowest BCUT2D eigenvalue weighted by Gasteiger charge is -2.11. The first kappa shape index (κ1) is 27.6. The summed E-state index contributed by atoms with van der Waals surface area (Å²) in [6.45, 7) is 8.21. The molecule has 0 aliphatic rings. The molecular formula is C30H27Cl2N3O5. The summed E-state index contributed by atoms with van der Waals surface area (Å²) in [6, 6.07) is 18.7. The molecule has 0 saturated carbocycles. The summed E-state index contributed by atoms with van der Waals surface area (Å²) < 4.78 is 18.5. The second-order valence-corrected chi connectivity index (χ2v) is 10.7. The Bertz CT molecular complexity index is 1670. The van der Waals surface area contributed by atoms with Crippen molar-refractivity contribution in [3.05, 3.63) is 82.0 Å². The number of halogens is 2. The number of carboxylic acid groups (broad SMARTS) is 1. The third-order valence-electron chi connectivity index (χ3n) is 6.46.